The molecule has 27 heavy (non-hydrogen) atoms. The molecule has 1 aromatic carbocycles. The quantitative estimate of drug-likeness (QED) is 0.811. The summed E-state index contributed by atoms with van der Waals surface area (Å²) in [6.07, 6.45) is 3.27. The number of hydrogen-bond acceptors (Lipinski definition) is 5. The minimum atomic E-state index is -0.654. The largest absolute Gasteiger partial charge is 0.451 e. The lowest BCUT2D eigenvalue weighted by molar-refractivity contribution is -0.125. The third-order valence-corrected chi connectivity index (χ3v) is 5.40. The van der Waals surface area contributed by atoms with E-state index in [9.17, 15) is 9.59 Å². The third-order valence-electron chi connectivity index (χ3n) is 5.40. The van der Waals surface area contributed by atoms with Crippen molar-refractivity contribution in [3.63, 3.8) is 0 Å². The molecule has 1 fully saturated rings. The van der Waals surface area contributed by atoms with Gasteiger partial charge in [-0.1, -0.05) is 44.9 Å². The van der Waals surface area contributed by atoms with E-state index in [-0.39, 0.29) is 24.2 Å². The van der Waals surface area contributed by atoms with Crippen LogP contribution >= 0.6 is 0 Å². The molecule has 1 N–H and O–H groups in total. The molecular weight excluding hydrogens is 344 g/mol. The minimum Gasteiger partial charge on any atom is -0.451 e. The second-order valence-corrected chi connectivity index (χ2v) is 7.31. The number of benzene rings is 1. The molecule has 144 valence electrons. The van der Waals surface area contributed by atoms with Crippen LogP contribution in [0, 0.1) is 18.8 Å². The Hall–Kier alpha value is -2.63. The van der Waals surface area contributed by atoms with E-state index in [0.29, 0.717) is 23.5 Å². The number of aromatic nitrogens is 1. The van der Waals surface area contributed by atoms with E-state index in [1.54, 1.807) is 6.92 Å². The lowest BCUT2D eigenvalue weighted by atomic mass is 9.78. The molecule has 0 aliphatic heterocycles. The maximum absolute atomic E-state index is 12.3. The standard InChI is InChI=1S/C21H26N2O4/c1-13-8-7-11-17(14(13)2)22-18(24)12-26-21(25)19-15(3)27-20(23-19)16-9-5-4-6-10-16/h4-6,9-10,13-14,17H,7-8,11-12H2,1-3H3,(H,22,24)/t13-,14+,17-/m1/s1. The van der Waals surface area contributed by atoms with E-state index in [4.69, 9.17) is 9.15 Å². The molecule has 6 nitrogen and oxygen atoms in total. The van der Waals surface area contributed by atoms with Crippen molar-refractivity contribution in [3.05, 3.63) is 41.8 Å². The predicted octanol–water partition coefficient (Wildman–Crippen LogP) is 3.75. The molecule has 0 radical (unpaired) electrons. The maximum atomic E-state index is 12.3. The number of carbonyl (C=O) groups excluding carboxylic acids is 2. The van der Waals surface area contributed by atoms with Gasteiger partial charge >= 0.3 is 5.97 Å². The second-order valence-electron chi connectivity index (χ2n) is 7.31. The van der Waals surface area contributed by atoms with Crippen LogP contribution in [0.4, 0.5) is 0 Å². The van der Waals surface area contributed by atoms with Crippen molar-refractivity contribution >= 4 is 11.9 Å². The molecule has 1 amide bonds. The average molecular weight is 370 g/mol. The van der Waals surface area contributed by atoms with Gasteiger partial charge in [0.1, 0.15) is 5.76 Å². The number of aryl methyl sites for hydroxylation is 1. The number of ether oxygens (including phenoxy) is 1. The van der Waals surface area contributed by atoms with Gasteiger partial charge in [-0.25, -0.2) is 9.78 Å². The van der Waals surface area contributed by atoms with Gasteiger partial charge in [-0.2, -0.15) is 0 Å². The summed E-state index contributed by atoms with van der Waals surface area (Å²) in [7, 11) is 0. The van der Waals surface area contributed by atoms with Crippen molar-refractivity contribution in [1.29, 1.82) is 0 Å². The smallest absolute Gasteiger partial charge is 0.361 e. The van der Waals surface area contributed by atoms with Crippen molar-refractivity contribution in [2.24, 2.45) is 11.8 Å². The average Bonchev–Trinajstić information content (AvgIpc) is 3.06. The number of esters is 1. The molecule has 3 atom stereocenters. The minimum absolute atomic E-state index is 0.0984. The van der Waals surface area contributed by atoms with Crippen LogP contribution in [0.3, 0.4) is 0 Å². The Kier molecular flexibility index (Phi) is 5.94. The molecule has 0 unspecified atom stereocenters. The maximum Gasteiger partial charge on any atom is 0.361 e. The number of nitrogens with one attached hydrogen (secondary N) is 1. The first-order valence-corrected chi connectivity index (χ1v) is 9.45. The highest BCUT2D eigenvalue weighted by Crippen LogP contribution is 2.29. The highest BCUT2D eigenvalue weighted by molar-refractivity contribution is 5.91. The fourth-order valence-electron chi connectivity index (χ4n) is 3.52. The Morgan fingerprint density at radius 3 is 2.70 bits per heavy atom. The van der Waals surface area contributed by atoms with E-state index < -0.39 is 5.97 Å². The van der Waals surface area contributed by atoms with Crippen molar-refractivity contribution in [1.82, 2.24) is 10.3 Å². The van der Waals surface area contributed by atoms with E-state index in [0.717, 1.165) is 18.4 Å². The summed E-state index contributed by atoms with van der Waals surface area (Å²) >= 11 is 0. The normalized spacial score (nSPS) is 22.3. The molecule has 2 aromatic rings. The van der Waals surface area contributed by atoms with Crippen molar-refractivity contribution < 1.29 is 18.7 Å². The van der Waals surface area contributed by atoms with Crippen molar-refractivity contribution in [2.45, 2.75) is 46.1 Å². The van der Waals surface area contributed by atoms with Crippen LogP contribution < -0.4 is 5.32 Å². The van der Waals surface area contributed by atoms with Crippen LogP contribution in [-0.4, -0.2) is 29.5 Å². The molecular formula is C21H26N2O4. The monoisotopic (exact) mass is 370 g/mol. The first-order chi connectivity index (χ1) is 13.0. The molecule has 1 heterocycles. The molecule has 0 saturated heterocycles. The number of hydrogen-bond donors (Lipinski definition) is 1. The lowest BCUT2D eigenvalue weighted by Gasteiger charge is -2.34. The lowest BCUT2D eigenvalue weighted by Crippen LogP contribution is -2.45. The number of nitrogens with zero attached hydrogens (tertiary/aromatic N) is 1. The Morgan fingerprint density at radius 1 is 1.22 bits per heavy atom. The first-order valence-electron chi connectivity index (χ1n) is 9.45. The summed E-state index contributed by atoms with van der Waals surface area (Å²) in [5.41, 5.74) is 0.874. The second kappa shape index (κ2) is 8.37. The Bertz CT molecular complexity index is 800. The van der Waals surface area contributed by atoms with Gasteiger partial charge in [-0.05, 0) is 37.3 Å². The molecule has 1 saturated carbocycles. The zero-order valence-corrected chi connectivity index (χ0v) is 16.0. The topological polar surface area (TPSA) is 81.4 Å². The van der Waals surface area contributed by atoms with Gasteiger partial charge in [0.05, 0.1) is 0 Å². The molecule has 3 rings (SSSR count). The summed E-state index contributed by atoms with van der Waals surface area (Å²) in [4.78, 5) is 28.7. The van der Waals surface area contributed by atoms with Crippen molar-refractivity contribution in [2.75, 3.05) is 6.61 Å². The highest BCUT2D eigenvalue weighted by Gasteiger charge is 2.28. The van der Waals surface area contributed by atoms with Crippen LogP contribution in [0.1, 0.15) is 49.4 Å². The number of oxazole rings is 1. The Balaban J connectivity index is 1.56. The molecule has 0 bridgehead atoms. The van der Waals surface area contributed by atoms with Gasteiger partial charge in [-0.15, -0.1) is 0 Å². The van der Waals surface area contributed by atoms with Crippen LogP contribution in [-0.2, 0) is 9.53 Å². The first kappa shape index (κ1) is 19.1. The zero-order valence-electron chi connectivity index (χ0n) is 16.0. The Labute approximate surface area is 159 Å². The van der Waals surface area contributed by atoms with Crippen LogP contribution in [0.5, 0.6) is 0 Å². The Morgan fingerprint density at radius 2 is 1.96 bits per heavy atom. The van der Waals surface area contributed by atoms with Gasteiger partial charge in [0, 0.05) is 11.6 Å². The highest BCUT2D eigenvalue weighted by atomic mass is 16.5. The SMILES string of the molecule is Cc1oc(-c2ccccc2)nc1C(=O)OCC(=O)N[C@@H]1CCC[C@@H](C)[C@@H]1C. The van der Waals surface area contributed by atoms with Crippen LogP contribution in [0.25, 0.3) is 11.5 Å². The fourth-order valence-corrected chi connectivity index (χ4v) is 3.52. The van der Waals surface area contributed by atoms with Crippen molar-refractivity contribution in [3.8, 4) is 11.5 Å². The van der Waals surface area contributed by atoms with Gasteiger partial charge in [0.15, 0.2) is 12.3 Å². The number of amides is 1. The van der Waals surface area contributed by atoms with E-state index in [1.807, 2.05) is 30.3 Å². The van der Waals surface area contributed by atoms with Crippen LogP contribution in [0.2, 0.25) is 0 Å². The zero-order chi connectivity index (χ0) is 19.4. The number of carbonyl (C=O) groups is 2. The van der Waals surface area contributed by atoms with E-state index in [1.165, 1.54) is 6.42 Å². The molecule has 1 aliphatic carbocycles. The fraction of sp³-hybridized carbons (Fsp3) is 0.476. The van der Waals surface area contributed by atoms with E-state index >= 15 is 0 Å². The summed E-state index contributed by atoms with van der Waals surface area (Å²) in [5.74, 6) is 0.797. The molecule has 6 heteroatoms. The summed E-state index contributed by atoms with van der Waals surface area (Å²) in [6, 6.07) is 9.45. The van der Waals surface area contributed by atoms with Gasteiger partial charge in [0.25, 0.3) is 5.91 Å². The van der Waals surface area contributed by atoms with Gasteiger partial charge in [-0.3, -0.25) is 4.79 Å². The summed E-state index contributed by atoms with van der Waals surface area (Å²) < 4.78 is 10.7. The van der Waals surface area contributed by atoms with Gasteiger partial charge in [0.2, 0.25) is 5.89 Å². The van der Waals surface area contributed by atoms with E-state index in [2.05, 4.69) is 24.1 Å². The predicted molar refractivity (Wildman–Crippen MR) is 101 cm³/mol. The molecule has 1 aliphatic rings. The number of rotatable bonds is 5. The summed E-state index contributed by atoms with van der Waals surface area (Å²) in [6.45, 7) is 5.70. The molecule has 0 spiro atoms. The third kappa shape index (κ3) is 4.56. The summed E-state index contributed by atoms with van der Waals surface area (Å²) in [5, 5.41) is 2.99. The molecule has 1 aromatic heterocycles. The van der Waals surface area contributed by atoms with Crippen LogP contribution in [0.15, 0.2) is 34.7 Å². The van der Waals surface area contributed by atoms with Gasteiger partial charge < -0.3 is 14.5 Å².